The van der Waals surface area contributed by atoms with Crippen molar-refractivity contribution in [3.8, 4) is 0 Å². The van der Waals surface area contributed by atoms with Gasteiger partial charge in [-0.1, -0.05) is 6.07 Å². The van der Waals surface area contributed by atoms with E-state index in [0.717, 1.165) is 30.6 Å². The van der Waals surface area contributed by atoms with Crippen LogP contribution in [0.2, 0.25) is 0 Å². The maximum absolute atomic E-state index is 5.63. The van der Waals surface area contributed by atoms with E-state index in [0.29, 0.717) is 12.1 Å². The summed E-state index contributed by atoms with van der Waals surface area (Å²) in [5.74, 6) is 0. The van der Waals surface area contributed by atoms with Gasteiger partial charge in [-0.25, -0.2) is 0 Å². The Morgan fingerprint density at radius 2 is 2.44 bits per heavy atom. The van der Waals surface area contributed by atoms with Crippen molar-refractivity contribution < 1.29 is 4.42 Å². The molecular formula is C12H15N3O. The van der Waals surface area contributed by atoms with Gasteiger partial charge in [0.05, 0.1) is 0 Å². The molecule has 0 radical (unpaired) electrons. The first kappa shape index (κ1) is 9.66. The first-order valence-corrected chi connectivity index (χ1v) is 5.66. The standard InChI is InChI=1S/C12H15N3O/c1-8-2-3-11-10(6-8)15-12(16-11)14-9-4-5-13-7-9/h2-3,6,9,13H,4-5,7H2,1H3,(H,14,15). The topological polar surface area (TPSA) is 50.1 Å². The van der Waals surface area contributed by atoms with Gasteiger partial charge >= 0.3 is 0 Å². The van der Waals surface area contributed by atoms with E-state index >= 15 is 0 Å². The minimum absolute atomic E-state index is 0.439. The number of aryl methyl sites for hydroxylation is 1. The highest BCUT2D eigenvalue weighted by molar-refractivity contribution is 5.75. The number of anilines is 1. The largest absolute Gasteiger partial charge is 0.424 e. The summed E-state index contributed by atoms with van der Waals surface area (Å²) in [5.41, 5.74) is 2.97. The molecule has 0 bridgehead atoms. The summed E-state index contributed by atoms with van der Waals surface area (Å²) >= 11 is 0. The van der Waals surface area contributed by atoms with Crippen LogP contribution in [0.4, 0.5) is 6.01 Å². The van der Waals surface area contributed by atoms with Crippen LogP contribution in [0.25, 0.3) is 11.1 Å². The van der Waals surface area contributed by atoms with Crippen molar-refractivity contribution in [1.82, 2.24) is 10.3 Å². The molecule has 16 heavy (non-hydrogen) atoms. The Balaban J connectivity index is 1.86. The molecule has 1 aliphatic rings. The molecule has 1 aromatic heterocycles. The number of hydrogen-bond donors (Lipinski definition) is 2. The van der Waals surface area contributed by atoms with Gasteiger partial charge < -0.3 is 15.1 Å². The fourth-order valence-electron chi connectivity index (χ4n) is 2.05. The molecule has 4 nitrogen and oxygen atoms in total. The van der Waals surface area contributed by atoms with E-state index in [-0.39, 0.29) is 0 Å². The Kier molecular flexibility index (Phi) is 2.29. The second-order valence-electron chi connectivity index (χ2n) is 4.32. The summed E-state index contributed by atoms with van der Waals surface area (Å²) in [7, 11) is 0. The van der Waals surface area contributed by atoms with Crippen LogP contribution in [0.15, 0.2) is 22.6 Å². The van der Waals surface area contributed by atoms with Gasteiger partial charge in [0.1, 0.15) is 5.52 Å². The lowest BCUT2D eigenvalue weighted by Gasteiger charge is -2.07. The predicted molar refractivity (Wildman–Crippen MR) is 63.6 cm³/mol. The second kappa shape index (κ2) is 3.79. The van der Waals surface area contributed by atoms with E-state index in [1.165, 1.54) is 5.56 Å². The van der Waals surface area contributed by atoms with E-state index < -0.39 is 0 Å². The molecule has 1 aromatic carbocycles. The van der Waals surface area contributed by atoms with Gasteiger partial charge in [-0.05, 0) is 37.6 Å². The molecule has 0 amide bonds. The lowest BCUT2D eigenvalue weighted by atomic mass is 10.2. The van der Waals surface area contributed by atoms with Gasteiger partial charge in [-0.3, -0.25) is 0 Å². The number of hydrogen-bond acceptors (Lipinski definition) is 4. The van der Waals surface area contributed by atoms with Gasteiger partial charge in [-0.15, -0.1) is 0 Å². The van der Waals surface area contributed by atoms with Gasteiger partial charge in [0, 0.05) is 12.6 Å². The average Bonchev–Trinajstić information content (AvgIpc) is 2.86. The molecule has 2 aromatic rings. The molecule has 2 heterocycles. The summed E-state index contributed by atoms with van der Waals surface area (Å²) in [5, 5.41) is 6.61. The van der Waals surface area contributed by atoms with Gasteiger partial charge in [0.2, 0.25) is 0 Å². The third-order valence-corrected chi connectivity index (χ3v) is 2.93. The van der Waals surface area contributed by atoms with Crippen LogP contribution in [-0.2, 0) is 0 Å². The number of aromatic nitrogens is 1. The number of oxazole rings is 1. The third-order valence-electron chi connectivity index (χ3n) is 2.93. The van der Waals surface area contributed by atoms with Crippen LogP contribution >= 0.6 is 0 Å². The normalized spacial score (nSPS) is 20.4. The van der Waals surface area contributed by atoms with Crippen LogP contribution in [-0.4, -0.2) is 24.1 Å². The number of benzene rings is 1. The van der Waals surface area contributed by atoms with Crippen LogP contribution in [0.5, 0.6) is 0 Å². The SMILES string of the molecule is Cc1ccc2oc(NC3CCNC3)nc2c1. The zero-order valence-corrected chi connectivity index (χ0v) is 9.29. The molecule has 3 rings (SSSR count). The number of nitrogens with one attached hydrogen (secondary N) is 2. The van der Waals surface area contributed by atoms with Crippen molar-refractivity contribution in [2.45, 2.75) is 19.4 Å². The summed E-state index contributed by atoms with van der Waals surface area (Å²) < 4.78 is 5.63. The molecule has 2 N–H and O–H groups in total. The van der Waals surface area contributed by atoms with E-state index in [1.807, 2.05) is 18.2 Å². The van der Waals surface area contributed by atoms with Crippen molar-refractivity contribution in [1.29, 1.82) is 0 Å². The number of fused-ring (bicyclic) bond motifs is 1. The van der Waals surface area contributed by atoms with E-state index in [1.54, 1.807) is 0 Å². The quantitative estimate of drug-likeness (QED) is 0.806. The van der Waals surface area contributed by atoms with Crippen molar-refractivity contribution in [3.63, 3.8) is 0 Å². The van der Waals surface area contributed by atoms with Gasteiger partial charge in [0.15, 0.2) is 5.58 Å². The molecule has 0 saturated carbocycles. The maximum Gasteiger partial charge on any atom is 0.295 e. The van der Waals surface area contributed by atoms with E-state index in [4.69, 9.17) is 4.42 Å². The molecule has 1 fully saturated rings. The summed E-state index contributed by atoms with van der Waals surface area (Å²) in [4.78, 5) is 4.43. The molecule has 1 saturated heterocycles. The predicted octanol–water partition coefficient (Wildman–Crippen LogP) is 1.91. The highest BCUT2D eigenvalue weighted by Gasteiger charge is 2.16. The van der Waals surface area contributed by atoms with Crippen molar-refractivity contribution in [2.75, 3.05) is 18.4 Å². The van der Waals surface area contributed by atoms with E-state index in [2.05, 4.69) is 22.5 Å². The number of nitrogens with zero attached hydrogens (tertiary/aromatic N) is 1. The van der Waals surface area contributed by atoms with Crippen molar-refractivity contribution in [2.24, 2.45) is 0 Å². The molecule has 0 aliphatic carbocycles. The summed E-state index contributed by atoms with van der Waals surface area (Å²) in [6.45, 7) is 4.11. The first-order valence-electron chi connectivity index (χ1n) is 5.66. The van der Waals surface area contributed by atoms with Crippen LogP contribution < -0.4 is 10.6 Å². The Hall–Kier alpha value is -1.55. The lowest BCUT2D eigenvalue weighted by molar-refractivity contribution is 0.599. The highest BCUT2D eigenvalue weighted by atomic mass is 16.4. The third kappa shape index (κ3) is 1.76. The van der Waals surface area contributed by atoms with Gasteiger partial charge in [-0.2, -0.15) is 4.98 Å². The molecular weight excluding hydrogens is 202 g/mol. The van der Waals surface area contributed by atoms with E-state index in [9.17, 15) is 0 Å². The monoisotopic (exact) mass is 217 g/mol. The van der Waals surface area contributed by atoms with Crippen LogP contribution in [0.1, 0.15) is 12.0 Å². The summed E-state index contributed by atoms with van der Waals surface area (Å²) in [6, 6.07) is 7.12. The molecule has 0 spiro atoms. The molecule has 1 aliphatic heterocycles. The highest BCUT2D eigenvalue weighted by Crippen LogP contribution is 2.20. The first-order chi connectivity index (χ1) is 7.81. The number of rotatable bonds is 2. The van der Waals surface area contributed by atoms with Crippen molar-refractivity contribution >= 4 is 17.1 Å². The smallest absolute Gasteiger partial charge is 0.295 e. The van der Waals surface area contributed by atoms with Gasteiger partial charge in [0.25, 0.3) is 6.01 Å². The maximum atomic E-state index is 5.63. The summed E-state index contributed by atoms with van der Waals surface area (Å²) in [6.07, 6.45) is 1.12. The molecule has 4 heteroatoms. The minimum Gasteiger partial charge on any atom is -0.424 e. The molecule has 84 valence electrons. The average molecular weight is 217 g/mol. The lowest BCUT2D eigenvalue weighted by Crippen LogP contribution is -2.22. The fraction of sp³-hybridized carbons (Fsp3) is 0.417. The Labute approximate surface area is 94.0 Å². The fourth-order valence-corrected chi connectivity index (χ4v) is 2.05. The van der Waals surface area contributed by atoms with Crippen LogP contribution in [0, 0.1) is 6.92 Å². The Morgan fingerprint density at radius 3 is 3.25 bits per heavy atom. The molecule has 1 unspecified atom stereocenters. The molecule has 1 atom stereocenters. The zero-order chi connectivity index (χ0) is 11.0. The zero-order valence-electron chi connectivity index (χ0n) is 9.29. The van der Waals surface area contributed by atoms with Crippen molar-refractivity contribution in [3.05, 3.63) is 23.8 Å². The second-order valence-corrected chi connectivity index (χ2v) is 4.32. The Bertz CT molecular complexity index is 500. The van der Waals surface area contributed by atoms with Crippen LogP contribution in [0.3, 0.4) is 0 Å². The Morgan fingerprint density at radius 1 is 1.50 bits per heavy atom. The minimum atomic E-state index is 0.439.